The van der Waals surface area contributed by atoms with Crippen molar-refractivity contribution in [1.29, 1.82) is 5.26 Å². The Labute approximate surface area is 88.8 Å². The van der Waals surface area contributed by atoms with E-state index >= 15 is 0 Å². The number of aromatic nitrogens is 1. The summed E-state index contributed by atoms with van der Waals surface area (Å²) in [6.45, 7) is -0.347. The maximum atomic E-state index is 12.5. The molecule has 0 bridgehead atoms. The van der Waals surface area contributed by atoms with Crippen LogP contribution >= 0.6 is 0 Å². The van der Waals surface area contributed by atoms with Crippen molar-refractivity contribution >= 4 is 5.97 Å². The maximum absolute atomic E-state index is 12.5. The van der Waals surface area contributed by atoms with Crippen LogP contribution in [0.15, 0.2) is 12.3 Å². The fourth-order valence-corrected chi connectivity index (χ4v) is 1.23. The maximum Gasteiger partial charge on any atom is 0.418 e. The molecule has 0 aromatic carbocycles. The summed E-state index contributed by atoms with van der Waals surface area (Å²) >= 11 is 0. The summed E-state index contributed by atoms with van der Waals surface area (Å²) in [5.74, 6) is -1.12. The minimum atomic E-state index is -4.65. The van der Waals surface area contributed by atoms with Crippen LogP contribution in [0.3, 0.4) is 0 Å². The van der Waals surface area contributed by atoms with Crippen molar-refractivity contribution in [3.05, 3.63) is 23.5 Å². The number of methoxy groups -OCH3 is 1. The molecule has 0 aliphatic rings. The Balaban J connectivity index is 3.32. The van der Waals surface area contributed by atoms with E-state index in [0.29, 0.717) is 0 Å². The summed E-state index contributed by atoms with van der Waals surface area (Å²) in [5, 5.41) is 8.41. The van der Waals surface area contributed by atoms with E-state index < -0.39 is 23.4 Å². The Morgan fingerprint density at radius 3 is 2.69 bits per heavy atom. The van der Waals surface area contributed by atoms with Crippen LogP contribution in [-0.4, -0.2) is 17.6 Å². The molecule has 0 amide bonds. The van der Waals surface area contributed by atoms with Gasteiger partial charge in [-0.05, 0) is 6.07 Å². The lowest BCUT2D eigenvalue weighted by Crippen LogP contribution is -2.16. The van der Waals surface area contributed by atoms with Gasteiger partial charge < -0.3 is 9.30 Å². The number of rotatable bonds is 2. The van der Waals surface area contributed by atoms with Crippen LogP contribution in [0.25, 0.3) is 0 Å². The predicted octanol–water partition coefficient (Wildman–Crippen LogP) is 1.82. The van der Waals surface area contributed by atoms with E-state index in [0.717, 1.165) is 23.9 Å². The minimum Gasteiger partial charge on any atom is -0.464 e. The predicted molar refractivity (Wildman–Crippen MR) is 46.4 cm³/mol. The van der Waals surface area contributed by atoms with Crippen molar-refractivity contribution in [3.8, 4) is 6.07 Å². The number of alkyl halides is 3. The molecular weight excluding hydrogens is 225 g/mol. The molecule has 1 rings (SSSR count). The Morgan fingerprint density at radius 1 is 1.62 bits per heavy atom. The van der Waals surface area contributed by atoms with E-state index in [1.807, 2.05) is 0 Å². The number of hydrogen-bond acceptors (Lipinski definition) is 3. The van der Waals surface area contributed by atoms with Crippen molar-refractivity contribution in [1.82, 2.24) is 4.57 Å². The van der Waals surface area contributed by atoms with Crippen LogP contribution in [0.4, 0.5) is 13.2 Å². The fraction of sp³-hybridized carbons (Fsp3) is 0.333. The van der Waals surface area contributed by atoms with E-state index in [-0.39, 0.29) is 6.54 Å². The van der Waals surface area contributed by atoms with Gasteiger partial charge in [-0.15, -0.1) is 0 Å². The smallest absolute Gasteiger partial charge is 0.418 e. The van der Waals surface area contributed by atoms with E-state index in [1.54, 1.807) is 6.07 Å². The number of hydrogen-bond donors (Lipinski definition) is 0. The Morgan fingerprint density at radius 2 is 2.25 bits per heavy atom. The van der Waals surface area contributed by atoms with Gasteiger partial charge in [0, 0.05) is 6.20 Å². The second-order valence-electron chi connectivity index (χ2n) is 2.85. The third kappa shape index (κ3) is 2.16. The normalized spacial score (nSPS) is 10.9. The minimum absolute atomic E-state index is 0.347. The van der Waals surface area contributed by atoms with Gasteiger partial charge in [-0.3, -0.25) is 0 Å². The van der Waals surface area contributed by atoms with Gasteiger partial charge in [-0.25, -0.2) is 4.79 Å². The van der Waals surface area contributed by atoms with Gasteiger partial charge in [-0.1, -0.05) is 0 Å². The second kappa shape index (κ2) is 4.26. The van der Waals surface area contributed by atoms with Gasteiger partial charge in [-0.2, -0.15) is 18.4 Å². The molecule has 0 saturated heterocycles. The van der Waals surface area contributed by atoms with Crippen LogP contribution in [0, 0.1) is 11.3 Å². The van der Waals surface area contributed by atoms with Crippen LogP contribution in [0.1, 0.15) is 16.1 Å². The van der Waals surface area contributed by atoms with Crippen LogP contribution in [0.5, 0.6) is 0 Å². The monoisotopic (exact) mass is 232 g/mol. The number of carbonyl (C=O) groups excluding carboxylic acids is 1. The quantitative estimate of drug-likeness (QED) is 0.731. The molecule has 1 aromatic heterocycles. The molecule has 1 heterocycles. The second-order valence-corrected chi connectivity index (χ2v) is 2.85. The standard InChI is InChI=1S/C9H7F3N2O2/c1-16-8(15)7-6(9(10,11)12)2-4-14(7)5-3-13/h2,4H,5H2,1H3. The summed E-state index contributed by atoms with van der Waals surface area (Å²) in [6, 6.07) is 2.40. The van der Waals surface area contributed by atoms with Crippen LogP contribution in [-0.2, 0) is 17.5 Å². The summed E-state index contributed by atoms with van der Waals surface area (Å²) in [5.41, 5.74) is -1.76. The highest BCUT2D eigenvalue weighted by Crippen LogP contribution is 2.32. The van der Waals surface area contributed by atoms with Gasteiger partial charge in [0.05, 0.1) is 18.7 Å². The first-order valence-corrected chi connectivity index (χ1v) is 4.13. The van der Waals surface area contributed by atoms with Gasteiger partial charge in [0.1, 0.15) is 12.2 Å². The molecule has 7 heteroatoms. The lowest BCUT2D eigenvalue weighted by atomic mass is 10.2. The van der Waals surface area contributed by atoms with Crippen molar-refractivity contribution < 1.29 is 22.7 Å². The van der Waals surface area contributed by atoms with Crippen molar-refractivity contribution in [2.24, 2.45) is 0 Å². The zero-order valence-corrected chi connectivity index (χ0v) is 8.21. The lowest BCUT2D eigenvalue weighted by Gasteiger charge is -2.09. The molecule has 16 heavy (non-hydrogen) atoms. The third-order valence-electron chi connectivity index (χ3n) is 1.89. The number of ether oxygens (including phenoxy) is 1. The van der Waals surface area contributed by atoms with Crippen molar-refractivity contribution in [2.45, 2.75) is 12.7 Å². The number of carbonyl (C=O) groups is 1. The highest BCUT2D eigenvalue weighted by Gasteiger charge is 2.37. The molecule has 4 nitrogen and oxygen atoms in total. The first-order valence-electron chi connectivity index (χ1n) is 4.13. The average molecular weight is 232 g/mol. The lowest BCUT2D eigenvalue weighted by molar-refractivity contribution is -0.138. The molecule has 0 aliphatic heterocycles. The number of halogens is 3. The Bertz CT molecular complexity index is 443. The highest BCUT2D eigenvalue weighted by atomic mass is 19.4. The Hall–Kier alpha value is -1.97. The summed E-state index contributed by atoms with van der Waals surface area (Å²) in [6.07, 6.45) is -3.62. The fourth-order valence-electron chi connectivity index (χ4n) is 1.23. The summed E-state index contributed by atoms with van der Waals surface area (Å²) in [4.78, 5) is 11.2. The van der Waals surface area contributed by atoms with Gasteiger partial charge in [0.15, 0.2) is 0 Å². The largest absolute Gasteiger partial charge is 0.464 e. The van der Waals surface area contributed by atoms with Crippen molar-refractivity contribution in [3.63, 3.8) is 0 Å². The molecule has 86 valence electrons. The Kier molecular flexibility index (Phi) is 3.22. The molecule has 0 saturated carbocycles. The topological polar surface area (TPSA) is 55.0 Å². The first-order chi connectivity index (χ1) is 7.41. The van der Waals surface area contributed by atoms with Crippen molar-refractivity contribution in [2.75, 3.05) is 7.11 Å². The van der Waals surface area contributed by atoms with Gasteiger partial charge in [0.2, 0.25) is 0 Å². The highest BCUT2D eigenvalue weighted by molar-refractivity contribution is 5.89. The molecule has 0 N–H and O–H groups in total. The molecule has 0 spiro atoms. The average Bonchev–Trinajstić information content (AvgIpc) is 2.60. The van der Waals surface area contributed by atoms with Gasteiger partial charge in [0.25, 0.3) is 0 Å². The van der Waals surface area contributed by atoms with Crippen LogP contribution < -0.4 is 0 Å². The molecule has 0 aliphatic carbocycles. The van der Waals surface area contributed by atoms with E-state index in [2.05, 4.69) is 4.74 Å². The molecule has 0 radical (unpaired) electrons. The molecule has 1 aromatic rings. The first kappa shape index (κ1) is 12.1. The zero-order valence-electron chi connectivity index (χ0n) is 8.21. The summed E-state index contributed by atoms with van der Waals surface area (Å²) < 4.78 is 42.6. The van der Waals surface area contributed by atoms with Crippen LogP contribution in [0.2, 0.25) is 0 Å². The molecule has 0 atom stereocenters. The molecule has 0 fully saturated rings. The van der Waals surface area contributed by atoms with E-state index in [4.69, 9.17) is 5.26 Å². The van der Waals surface area contributed by atoms with E-state index in [1.165, 1.54) is 0 Å². The molecule has 0 unspecified atom stereocenters. The molecular formula is C9H7F3N2O2. The zero-order chi connectivity index (χ0) is 12.3. The van der Waals surface area contributed by atoms with Gasteiger partial charge >= 0.3 is 12.1 Å². The number of esters is 1. The summed E-state index contributed by atoms with van der Waals surface area (Å²) in [7, 11) is 0.978. The van der Waals surface area contributed by atoms with E-state index in [9.17, 15) is 18.0 Å². The SMILES string of the molecule is COC(=O)c1c(C(F)(F)F)ccn1CC#N. The number of nitrogens with zero attached hydrogens (tertiary/aromatic N) is 2. The number of nitriles is 1. The third-order valence-corrected chi connectivity index (χ3v) is 1.89.